The summed E-state index contributed by atoms with van der Waals surface area (Å²) >= 11 is 0. The molecule has 1 atom stereocenters. The number of ether oxygens (including phenoxy) is 1. The largest absolute Gasteiger partial charge is 0.439 e. The van der Waals surface area contributed by atoms with Gasteiger partial charge in [-0.05, 0) is 44.6 Å². The maximum absolute atomic E-state index is 5.93. The van der Waals surface area contributed by atoms with Crippen molar-refractivity contribution in [2.24, 2.45) is 0 Å². The number of benzene rings is 1. The molecule has 0 spiro atoms. The summed E-state index contributed by atoms with van der Waals surface area (Å²) in [6.07, 6.45) is 4.20. The number of rotatable bonds is 3. The molecule has 0 saturated carbocycles. The fourth-order valence-electron chi connectivity index (χ4n) is 2.65. The SMILES string of the molecule is CN1CCC[C@H]1c1cccnc1Oc1ccccc1. The van der Waals surface area contributed by atoms with E-state index in [0.29, 0.717) is 6.04 Å². The first-order valence-electron chi connectivity index (χ1n) is 6.72. The van der Waals surface area contributed by atoms with Gasteiger partial charge in [0, 0.05) is 17.8 Å². The first-order chi connectivity index (χ1) is 9.34. The number of hydrogen-bond acceptors (Lipinski definition) is 3. The molecule has 0 N–H and O–H groups in total. The number of aromatic nitrogens is 1. The first-order valence-corrected chi connectivity index (χ1v) is 6.72. The lowest BCUT2D eigenvalue weighted by Gasteiger charge is -2.21. The zero-order valence-electron chi connectivity index (χ0n) is 11.1. The lowest BCUT2D eigenvalue weighted by molar-refractivity contribution is 0.308. The van der Waals surface area contributed by atoms with Gasteiger partial charge < -0.3 is 4.74 Å². The molecule has 1 aromatic heterocycles. The lowest BCUT2D eigenvalue weighted by Crippen LogP contribution is -2.18. The second-order valence-corrected chi connectivity index (χ2v) is 4.95. The van der Waals surface area contributed by atoms with Crippen molar-refractivity contribution in [3.8, 4) is 11.6 Å². The van der Waals surface area contributed by atoms with E-state index >= 15 is 0 Å². The quantitative estimate of drug-likeness (QED) is 0.836. The summed E-state index contributed by atoms with van der Waals surface area (Å²) in [5.74, 6) is 1.57. The summed E-state index contributed by atoms with van der Waals surface area (Å²) in [7, 11) is 2.16. The molecule has 1 saturated heterocycles. The molecule has 3 nitrogen and oxygen atoms in total. The zero-order chi connectivity index (χ0) is 13.1. The molecule has 2 heterocycles. The Labute approximate surface area is 113 Å². The number of nitrogens with zero attached hydrogens (tertiary/aromatic N) is 2. The molecule has 0 unspecified atom stereocenters. The van der Waals surface area contributed by atoms with Crippen molar-refractivity contribution in [3.05, 3.63) is 54.2 Å². The molecule has 2 aromatic rings. The topological polar surface area (TPSA) is 25.4 Å². The van der Waals surface area contributed by atoms with Crippen molar-refractivity contribution in [1.82, 2.24) is 9.88 Å². The average Bonchev–Trinajstić information content (AvgIpc) is 2.87. The minimum Gasteiger partial charge on any atom is -0.439 e. The monoisotopic (exact) mass is 254 g/mol. The Balaban J connectivity index is 1.89. The van der Waals surface area contributed by atoms with Crippen LogP contribution in [-0.4, -0.2) is 23.5 Å². The number of likely N-dealkylation sites (tertiary alicyclic amines) is 1. The van der Waals surface area contributed by atoms with E-state index in [9.17, 15) is 0 Å². The third-order valence-electron chi connectivity index (χ3n) is 3.64. The van der Waals surface area contributed by atoms with Gasteiger partial charge in [0.2, 0.25) is 5.88 Å². The van der Waals surface area contributed by atoms with Crippen LogP contribution in [0, 0.1) is 0 Å². The van der Waals surface area contributed by atoms with E-state index in [2.05, 4.69) is 23.0 Å². The molecule has 0 bridgehead atoms. The highest BCUT2D eigenvalue weighted by Crippen LogP contribution is 2.36. The average molecular weight is 254 g/mol. The van der Waals surface area contributed by atoms with E-state index in [4.69, 9.17) is 4.74 Å². The van der Waals surface area contributed by atoms with Crippen molar-refractivity contribution in [2.45, 2.75) is 18.9 Å². The van der Waals surface area contributed by atoms with Crippen molar-refractivity contribution in [2.75, 3.05) is 13.6 Å². The molecule has 1 aromatic carbocycles. The van der Waals surface area contributed by atoms with Gasteiger partial charge in [-0.2, -0.15) is 0 Å². The van der Waals surface area contributed by atoms with Crippen LogP contribution in [0.5, 0.6) is 11.6 Å². The van der Waals surface area contributed by atoms with Crippen molar-refractivity contribution < 1.29 is 4.74 Å². The maximum atomic E-state index is 5.93. The lowest BCUT2D eigenvalue weighted by atomic mass is 10.1. The van der Waals surface area contributed by atoms with Crippen LogP contribution in [0.1, 0.15) is 24.4 Å². The summed E-state index contributed by atoms with van der Waals surface area (Å²) in [5, 5.41) is 0. The Morgan fingerprint density at radius 1 is 1.16 bits per heavy atom. The van der Waals surface area contributed by atoms with E-state index in [1.54, 1.807) is 6.20 Å². The van der Waals surface area contributed by atoms with Crippen LogP contribution in [0.3, 0.4) is 0 Å². The number of hydrogen-bond donors (Lipinski definition) is 0. The van der Waals surface area contributed by atoms with Crippen LogP contribution < -0.4 is 4.74 Å². The summed E-state index contributed by atoms with van der Waals surface area (Å²) in [5.41, 5.74) is 1.19. The van der Waals surface area contributed by atoms with Gasteiger partial charge in [-0.3, -0.25) is 4.90 Å². The second kappa shape index (κ2) is 5.41. The fraction of sp³-hybridized carbons (Fsp3) is 0.312. The fourth-order valence-corrected chi connectivity index (χ4v) is 2.65. The summed E-state index contributed by atoms with van der Waals surface area (Å²) in [4.78, 5) is 6.77. The standard InChI is InChI=1S/C16H18N2O/c1-18-12-6-10-15(18)14-9-5-11-17-16(14)19-13-7-3-2-4-8-13/h2-5,7-9,11,15H,6,10,12H2,1H3/t15-/m0/s1. The van der Waals surface area contributed by atoms with Gasteiger partial charge in [-0.25, -0.2) is 4.98 Å². The molecule has 0 amide bonds. The van der Waals surface area contributed by atoms with Crippen LogP contribution >= 0.6 is 0 Å². The molecular weight excluding hydrogens is 236 g/mol. The van der Waals surface area contributed by atoms with Gasteiger partial charge in [0.05, 0.1) is 0 Å². The second-order valence-electron chi connectivity index (χ2n) is 4.95. The number of para-hydroxylation sites is 1. The zero-order valence-corrected chi connectivity index (χ0v) is 11.1. The van der Waals surface area contributed by atoms with Crippen LogP contribution in [0.4, 0.5) is 0 Å². The molecular formula is C16H18N2O. The van der Waals surface area contributed by atoms with Crippen LogP contribution in [0.25, 0.3) is 0 Å². The van der Waals surface area contributed by atoms with E-state index in [0.717, 1.165) is 18.2 Å². The smallest absolute Gasteiger partial charge is 0.223 e. The Kier molecular flexibility index (Phi) is 3.47. The van der Waals surface area contributed by atoms with Gasteiger partial charge in [-0.15, -0.1) is 0 Å². The maximum Gasteiger partial charge on any atom is 0.223 e. The predicted octanol–water partition coefficient (Wildman–Crippen LogP) is 3.64. The van der Waals surface area contributed by atoms with Gasteiger partial charge >= 0.3 is 0 Å². The van der Waals surface area contributed by atoms with Gasteiger partial charge in [0.15, 0.2) is 0 Å². The van der Waals surface area contributed by atoms with Crippen LogP contribution in [0.2, 0.25) is 0 Å². The summed E-state index contributed by atoms with van der Waals surface area (Å²) in [6.45, 7) is 1.14. The van der Waals surface area contributed by atoms with Gasteiger partial charge in [0.25, 0.3) is 0 Å². The van der Waals surface area contributed by atoms with Crippen LogP contribution in [-0.2, 0) is 0 Å². The highest BCUT2D eigenvalue weighted by molar-refractivity contribution is 5.34. The molecule has 19 heavy (non-hydrogen) atoms. The normalized spacial score (nSPS) is 19.5. The minimum absolute atomic E-state index is 0.424. The van der Waals surface area contributed by atoms with Crippen molar-refractivity contribution in [1.29, 1.82) is 0 Å². The van der Waals surface area contributed by atoms with E-state index in [1.807, 2.05) is 36.4 Å². The molecule has 0 aliphatic carbocycles. The molecule has 3 rings (SSSR count). The van der Waals surface area contributed by atoms with E-state index in [-0.39, 0.29) is 0 Å². The minimum atomic E-state index is 0.424. The van der Waals surface area contributed by atoms with Gasteiger partial charge in [0.1, 0.15) is 5.75 Å². The van der Waals surface area contributed by atoms with Crippen molar-refractivity contribution >= 4 is 0 Å². The third kappa shape index (κ3) is 2.61. The molecule has 1 aliphatic heterocycles. The number of pyridine rings is 1. The molecule has 1 fully saturated rings. The Morgan fingerprint density at radius 2 is 2.00 bits per heavy atom. The Bertz CT molecular complexity index is 541. The summed E-state index contributed by atoms with van der Waals surface area (Å²) in [6, 6.07) is 14.4. The molecule has 98 valence electrons. The third-order valence-corrected chi connectivity index (χ3v) is 3.64. The Hall–Kier alpha value is -1.87. The van der Waals surface area contributed by atoms with E-state index < -0.39 is 0 Å². The summed E-state index contributed by atoms with van der Waals surface area (Å²) < 4.78 is 5.93. The highest BCUT2D eigenvalue weighted by atomic mass is 16.5. The first kappa shape index (κ1) is 12.2. The van der Waals surface area contributed by atoms with Crippen molar-refractivity contribution in [3.63, 3.8) is 0 Å². The Morgan fingerprint density at radius 3 is 2.74 bits per heavy atom. The van der Waals surface area contributed by atoms with Gasteiger partial charge in [-0.1, -0.05) is 24.3 Å². The van der Waals surface area contributed by atoms with Crippen LogP contribution in [0.15, 0.2) is 48.7 Å². The predicted molar refractivity (Wildman–Crippen MR) is 75.4 cm³/mol. The van der Waals surface area contributed by atoms with E-state index in [1.165, 1.54) is 18.4 Å². The molecule has 3 heteroatoms. The molecule has 1 aliphatic rings. The molecule has 0 radical (unpaired) electrons. The highest BCUT2D eigenvalue weighted by Gasteiger charge is 2.25.